The van der Waals surface area contributed by atoms with Crippen molar-refractivity contribution in [1.29, 1.82) is 0 Å². The minimum absolute atomic E-state index is 0.0486. The SMILES string of the molecule is CCCc1nc(Cc2ccc(OC)cc2)[nH]c(=O)c1I. The molecule has 0 unspecified atom stereocenters. The molecular formula is C15H17IN2O2. The Morgan fingerprint density at radius 3 is 2.60 bits per heavy atom. The monoisotopic (exact) mass is 384 g/mol. The van der Waals surface area contributed by atoms with Gasteiger partial charge in [0, 0.05) is 6.42 Å². The van der Waals surface area contributed by atoms with Crippen molar-refractivity contribution < 1.29 is 4.74 Å². The summed E-state index contributed by atoms with van der Waals surface area (Å²) >= 11 is 2.06. The molecule has 2 rings (SSSR count). The van der Waals surface area contributed by atoms with E-state index in [4.69, 9.17) is 4.74 Å². The van der Waals surface area contributed by atoms with E-state index in [0.717, 1.165) is 29.8 Å². The third-order valence-corrected chi connectivity index (χ3v) is 4.11. The zero-order valence-electron chi connectivity index (χ0n) is 11.6. The number of ether oxygens (including phenoxy) is 1. The number of hydrogen-bond donors (Lipinski definition) is 1. The molecule has 0 spiro atoms. The fraction of sp³-hybridized carbons (Fsp3) is 0.333. The van der Waals surface area contributed by atoms with Crippen LogP contribution in [0.4, 0.5) is 0 Å². The summed E-state index contributed by atoms with van der Waals surface area (Å²) in [5, 5.41) is 0. The van der Waals surface area contributed by atoms with Gasteiger partial charge in [0.1, 0.15) is 11.6 Å². The number of H-pyrrole nitrogens is 1. The largest absolute Gasteiger partial charge is 0.497 e. The number of aryl methyl sites for hydroxylation is 1. The number of aromatic amines is 1. The summed E-state index contributed by atoms with van der Waals surface area (Å²) in [6.45, 7) is 2.09. The number of methoxy groups -OCH3 is 1. The van der Waals surface area contributed by atoms with Crippen LogP contribution in [-0.2, 0) is 12.8 Å². The van der Waals surface area contributed by atoms with Gasteiger partial charge in [0.15, 0.2) is 0 Å². The van der Waals surface area contributed by atoms with E-state index in [1.54, 1.807) is 7.11 Å². The Kier molecular flexibility index (Phi) is 5.17. The van der Waals surface area contributed by atoms with E-state index in [9.17, 15) is 4.79 Å². The van der Waals surface area contributed by atoms with E-state index >= 15 is 0 Å². The van der Waals surface area contributed by atoms with Crippen molar-refractivity contribution in [2.24, 2.45) is 0 Å². The first-order chi connectivity index (χ1) is 9.63. The van der Waals surface area contributed by atoms with Gasteiger partial charge in [0.25, 0.3) is 5.56 Å². The van der Waals surface area contributed by atoms with E-state index in [2.05, 4.69) is 39.5 Å². The van der Waals surface area contributed by atoms with E-state index in [-0.39, 0.29) is 5.56 Å². The average Bonchev–Trinajstić information content (AvgIpc) is 2.45. The van der Waals surface area contributed by atoms with Gasteiger partial charge in [-0.3, -0.25) is 4.79 Å². The van der Waals surface area contributed by atoms with Crippen molar-refractivity contribution in [1.82, 2.24) is 9.97 Å². The highest BCUT2D eigenvalue weighted by molar-refractivity contribution is 14.1. The summed E-state index contributed by atoms with van der Waals surface area (Å²) in [4.78, 5) is 19.3. The van der Waals surface area contributed by atoms with Gasteiger partial charge in [-0.2, -0.15) is 0 Å². The minimum atomic E-state index is -0.0486. The maximum atomic E-state index is 11.9. The summed E-state index contributed by atoms with van der Waals surface area (Å²) in [7, 11) is 1.64. The third kappa shape index (κ3) is 3.59. The Labute approximate surface area is 131 Å². The van der Waals surface area contributed by atoms with E-state index in [1.165, 1.54) is 0 Å². The molecule has 1 aromatic heterocycles. The molecule has 1 heterocycles. The molecule has 106 valence electrons. The fourth-order valence-corrected chi connectivity index (χ4v) is 2.50. The maximum Gasteiger partial charge on any atom is 0.264 e. The van der Waals surface area contributed by atoms with Gasteiger partial charge in [-0.1, -0.05) is 25.5 Å². The second-order valence-corrected chi connectivity index (χ2v) is 5.63. The van der Waals surface area contributed by atoms with Gasteiger partial charge in [-0.05, 0) is 46.7 Å². The smallest absolute Gasteiger partial charge is 0.264 e. The fourth-order valence-electron chi connectivity index (χ4n) is 1.98. The predicted molar refractivity (Wildman–Crippen MR) is 87.4 cm³/mol. The molecule has 0 radical (unpaired) electrons. The van der Waals surface area contributed by atoms with Crippen LogP contribution in [0, 0.1) is 3.57 Å². The van der Waals surface area contributed by atoms with E-state index < -0.39 is 0 Å². The van der Waals surface area contributed by atoms with Gasteiger partial charge < -0.3 is 9.72 Å². The highest BCUT2D eigenvalue weighted by atomic mass is 127. The lowest BCUT2D eigenvalue weighted by molar-refractivity contribution is 0.414. The molecule has 0 saturated carbocycles. The van der Waals surface area contributed by atoms with Crippen molar-refractivity contribution in [3.63, 3.8) is 0 Å². The van der Waals surface area contributed by atoms with E-state index in [1.807, 2.05) is 24.3 Å². The third-order valence-electron chi connectivity index (χ3n) is 3.00. The van der Waals surface area contributed by atoms with Crippen LogP contribution in [0.1, 0.15) is 30.4 Å². The van der Waals surface area contributed by atoms with Gasteiger partial charge >= 0.3 is 0 Å². The number of nitrogens with zero attached hydrogens (tertiary/aromatic N) is 1. The van der Waals surface area contributed by atoms with Crippen LogP contribution >= 0.6 is 22.6 Å². The van der Waals surface area contributed by atoms with Crippen molar-refractivity contribution in [3.05, 3.63) is 55.3 Å². The Morgan fingerprint density at radius 1 is 1.30 bits per heavy atom. The van der Waals surface area contributed by atoms with Crippen LogP contribution in [0.2, 0.25) is 0 Å². The van der Waals surface area contributed by atoms with Crippen molar-refractivity contribution in [2.45, 2.75) is 26.2 Å². The van der Waals surface area contributed by atoms with E-state index in [0.29, 0.717) is 15.8 Å². The number of rotatable bonds is 5. The molecule has 0 aliphatic rings. The molecule has 5 heteroatoms. The predicted octanol–water partition coefficient (Wildman–Crippen LogP) is 2.93. The van der Waals surface area contributed by atoms with Crippen LogP contribution in [0.25, 0.3) is 0 Å². The van der Waals surface area contributed by atoms with Crippen molar-refractivity contribution in [3.8, 4) is 5.75 Å². The summed E-state index contributed by atoms with van der Waals surface area (Å²) in [6, 6.07) is 7.78. The Balaban J connectivity index is 2.26. The summed E-state index contributed by atoms with van der Waals surface area (Å²) in [5.41, 5.74) is 1.94. The standard InChI is InChI=1S/C15H17IN2O2/c1-3-4-12-14(16)15(19)18-13(17-12)9-10-5-7-11(20-2)8-6-10/h5-8H,3-4,9H2,1-2H3,(H,17,18,19). The highest BCUT2D eigenvalue weighted by Gasteiger charge is 2.08. The molecule has 4 nitrogen and oxygen atoms in total. The van der Waals surface area contributed by atoms with Crippen LogP contribution in [-0.4, -0.2) is 17.1 Å². The molecular weight excluding hydrogens is 367 g/mol. The average molecular weight is 384 g/mol. The Hall–Kier alpha value is -1.37. The summed E-state index contributed by atoms with van der Waals surface area (Å²) in [6.07, 6.45) is 2.43. The molecule has 20 heavy (non-hydrogen) atoms. The number of aromatic nitrogens is 2. The molecule has 0 saturated heterocycles. The highest BCUT2D eigenvalue weighted by Crippen LogP contribution is 2.14. The molecule has 0 bridgehead atoms. The second-order valence-electron chi connectivity index (χ2n) is 4.55. The number of nitrogens with one attached hydrogen (secondary N) is 1. The molecule has 0 atom stereocenters. The first-order valence-corrected chi connectivity index (χ1v) is 7.62. The van der Waals surface area contributed by atoms with Crippen molar-refractivity contribution in [2.75, 3.05) is 7.11 Å². The normalized spacial score (nSPS) is 10.6. The summed E-state index contributed by atoms with van der Waals surface area (Å²) in [5.74, 6) is 1.54. The van der Waals surface area contributed by atoms with Crippen LogP contribution in [0.15, 0.2) is 29.1 Å². The zero-order valence-corrected chi connectivity index (χ0v) is 13.7. The quantitative estimate of drug-likeness (QED) is 0.807. The lowest BCUT2D eigenvalue weighted by atomic mass is 10.1. The first kappa shape index (κ1) is 15.0. The Bertz CT molecular complexity index is 635. The molecule has 0 aliphatic carbocycles. The molecule has 0 aliphatic heterocycles. The topological polar surface area (TPSA) is 55.0 Å². The second kappa shape index (κ2) is 6.88. The zero-order chi connectivity index (χ0) is 14.5. The maximum absolute atomic E-state index is 11.9. The number of benzene rings is 1. The first-order valence-electron chi connectivity index (χ1n) is 6.54. The molecule has 1 N–H and O–H groups in total. The molecule has 0 amide bonds. The molecule has 1 aromatic carbocycles. The van der Waals surface area contributed by atoms with Crippen LogP contribution < -0.4 is 10.3 Å². The Morgan fingerprint density at radius 2 is 2.00 bits per heavy atom. The lowest BCUT2D eigenvalue weighted by Gasteiger charge is -2.07. The van der Waals surface area contributed by atoms with Crippen LogP contribution in [0.3, 0.4) is 0 Å². The van der Waals surface area contributed by atoms with Gasteiger partial charge in [0.2, 0.25) is 0 Å². The molecule has 2 aromatic rings. The lowest BCUT2D eigenvalue weighted by Crippen LogP contribution is -2.18. The molecule has 0 fully saturated rings. The minimum Gasteiger partial charge on any atom is -0.497 e. The van der Waals surface area contributed by atoms with Crippen molar-refractivity contribution >= 4 is 22.6 Å². The number of hydrogen-bond acceptors (Lipinski definition) is 3. The van der Waals surface area contributed by atoms with Gasteiger partial charge in [-0.25, -0.2) is 4.98 Å². The van der Waals surface area contributed by atoms with Gasteiger partial charge in [0.05, 0.1) is 16.4 Å². The van der Waals surface area contributed by atoms with Crippen LogP contribution in [0.5, 0.6) is 5.75 Å². The van der Waals surface area contributed by atoms with Gasteiger partial charge in [-0.15, -0.1) is 0 Å². The summed E-state index contributed by atoms with van der Waals surface area (Å²) < 4.78 is 5.83. The number of halogens is 1.